The molecule has 0 N–H and O–H groups in total. The molecule has 0 unspecified atom stereocenters. The van der Waals surface area contributed by atoms with E-state index < -0.39 is 10.7 Å². The van der Waals surface area contributed by atoms with Crippen molar-refractivity contribution in [2.24, 2.45) is 0 Å². The first-order valence-electron chi connectivity index (χ1n) is 5.93. The molecule has 21 heavy (non-hydrogen) atoms. The third kappa shape index (κ3) is 2.30. The van der Waals surface area contributed by atoms with Crippen LogP contribution in [0.25, 0.3) is 22.3 Å². The van der Waals surface area contributed by atoms with Gasteiger partial charge in [0.05, 0.1) is 16.0 Å². The fourth-order valence-corrected chi connectivity index (χ4v) is 2.31. The molecule has 0 aliphatic carbocycles. The first kappa shape index (κ1) is 13.4. The van der Waals surface area contributed by atoms with E-state index in [9.17, 15) is 14.5 Å². The fraction of sp³-hybridized carbons (Fsp3) is 0. The standard InChI is InChI=1S/C14H7ClFN3O2/c15-13-12-10(6-3-7-11(12)19(20)21)17-14(18-13)8-4-1-2-5-9(8)16/h1-7H. The molecule has 0 bridgehead atoms. The molecule has 0 radical (unpaired) electrons. The molecule has 0 atom stereocenters. The highest BCUT2D eigenvalue weighted by atomic mass is 35.5. The van der Waals surface area contributed by atoms with Crippen LogP contribution in [0.1, 0.15) is 0 Å². The van der Waals surface area contributed by atoms with E-state index in [1.165, 1.54) is 24.3 Å². The van der Waals surface area contributed by atoms with E-state index in [1.807, 2.05) is 0 Å². The van der Waals surface area contributed by atoms with Gasteiger partial charge in [-0.25, -0.2) is 14.4 Å². The van der Waals surface area contributed by atoms with Crippen LogP contribution in [0.2, 0.25) is 5.15 Å². The number of nitro groups is 1. The van der Waals surface area contributed by atoms with Crippen molar-refractivity contribution >= 4 is 28.2 Å². The first-order chi connectivity index (χ1) is 10.1. The Morgan fingerprint density at radius 3 is 2.57 bits per heavy atom. The molecule has 0 fully saturated rings. The summed E-state index contributed by atoms with van der Waals surface area (Å²) in [5.74, 6) is -0.399. The Morgan fingerprint density at radius 1 is 1.10 bits per heavy atom. The maximum Gasteiger partial charge on any atom is 0.281 e. The van der Waals surface area contributed by atoms with Crippen molar-refractivity contribution in [3.63, 3.8) is 0 Å². The summed E-state index contributed by atoms with van der Waals surface area (Å²) in [6, 6.07) is 10.4. The summed E-state index contributed by atoms with van der Waals surface area (Å²) in [5.41, 5.74) is 0.299. The number of aromatic nitrogens is 2. The molecule has 1 heterocycles. The van der Waals surface area contributed by atoms with Crippen LogP contribution in [-0.2, 0) is 0 Å². The van der Waals surface area contributed by atoms with Crippen molar-refractivity contribution in [3.05, 3.63) is 63.5 Å². The molecule has 0 spiro atoms. The number of benzene rings is 2. The molecule has 0 aliphatic rings. The number of non-ortho nitro benzene ring substituents is 1. The van der Waals surface area contributed by atoms with Gasteiger partial charge in [0.15, 0.2) is 5.82 Å². The Bertz CT molecular complexity index is 870. The van der Waals surface area contributed by atoms with E-state index in [1.54, 1.807) is 18.2 Å². The minimum absolute atomic E-state index is 0.0782. The topological polar surface area (TPSA) is 68.9 Å². The number of hydrogen-bond donors (Lipinski definition) is 0. The van der Waals surface area contributed by atoms with E-state index in [0.29, 0.717) is 5.52 Å². The van der Waals surface area contributed by atoms with Gasteiger partial charge in [0.2, 0.25) is 0 Å². The smallest absolute Gasteiger partial charge is 0.258 e. The molecule has 0 amide bonds. The van der Waals surface area contributed by atoms with E-state index in [-0.39, 0.29) is 27.6 Å². The maximum atomic E-state index is 13.8. The minimum Gasteiger partial charge on any atom is -0.258 e. The average molecular weight is 304 g/mol. The second kappa shape index (κ2) is 5.06. The van der Waals surface area contributed by atoms with E-state index in [4.69, 9.17) is 11.6 Å². The molecule has 0 saturated heterocycles. The fourth-order valence-electron chi connectivity index (χ4n) is 2.04. The molecule has 3 rings (SSSR count). The van der Waals surface area contributed by atoms with Gasteiger partial charge in [-0.2, -0.15) is 0 Å². The van der Waals surface area contributed by atoms with Gasteiger partial charge in [-0.1, -0.05) is 29.8 Å². The minimum atomic E-state index is -0.555. The predicted molar refractivity (Wildman–Crippen MR) is 76.6 cm³/mol. The summed E-state index contributed by atoms with van der Waals surface area (Å²) in [6.45, 7) is 0. The lowest BCUT2D eigenvalue weighted by atomic mass is 10.1. The van der Waals surface area contributed by atoms with Gasteiger partial charge in [-0.15, -0.1) is 0 Å². The van der Waals surface area contributed by atoms with Gasteiger partial charge in [-0.3, -0.25) is 10.1 Å². The van der Waals surface area contributed by atoms with Gasteiger partial charge >= 0.3 is 0 Å². The maximum absolute atomic E-state index is 13.8. The highest BCUT2D eigenvalue weighted by Gasteiger charge is 2.18. The number of fused-ring (bicyclic) bond motifs is 1. The molecule has 104 valence electrons. The molecule has 7 heteroatoms. The number of nitrogens with zero attached hydrogens (tertiary/aromatic N) is 3. The van der Waals surface area contributed by atoms with Crippen molar-refractivity contribution in [1.82, 2.24) is 9.97 Å². The number of hydrogen-bond acceptors (Lipinski definition) is 4. The van der Waals surface area contributed by atoms with Crippen molar-refractivity contribution in [2.75, 3.05) is 0 Å². The zero-order valence-electron chi connectivity index (χ0n) is 10.5. The van der Waals surface area contributed by atoms with Crippen LogP contribution in [-0.4, -0.2) is 14.9 Å². The molecule has 0 saturated carbocycles. The molecular formula is C14H7ClFN3O2. The Hall–Kier alpha value is -2.60. The number of rotatable bonds is 2. The normalized spacial score (nSPS) is 10.8. The van der Waals surface area contributed by atoms with Crippen molar-refractivity contribution in [3.8, 4) is 11.4 Å². The second-order valence-corrected chi connectivity index (χ2v) is 4.60. The molecule has 2 aromatic carbocycles. The highest BCUT2D eigenvalue weighted by molar-refractivity contribution is 6.35. The molecule has 5 nitrogen and oxygen atoms in total. The van der Waals surface area contributed by atoms with Crippen molar-refractivity contribution in [1.29, 1.82) is 0 Å². The van der Waals surface area contributed by atoms with E-state index in [2.05, 4.69) is 9.97 Å². The lowest BCUT2D eigenvalue weighted by Gasteiger charge is -2.05. The van der Waals surface area contributed by atoms with E-state index in [0.717, 1.165) is 0 Å². The van der Waals surface area contributed by atoms with Gasteiger partial charge in [0.25, 0.3) is 5.69 Å². The van der Waals surface area contributed by atoms with E-state index >= 15 is 0 Å². The first-order valence-corrected chi connectivity index (χ1v) is 6.31. The SMILES string of the molecule is O=[N+]([O-])c1cccc2nc(-c3ccccc3F)nc(Cl)c12. The van der Waals surface area contributed by atoms with Gasteiger partial charge < -0.3 is 0 Å². The molecule has 0 aliphatic heterocycles. The van der Waals surface area contributed by atoms with Crippen molar-refractivity contribution < 1.29 is 9.31 Å². The van der Waals surface area contributed by atoms with Crippen LogP contribution in [0, 0.1) is 15.9 Å². The Labute approximate surface area is 123 Å². The Morgan fingerprint density at radius 2 is 1.86 bits per heavy atom. The van der Waals surface area contributed by atoms with Crippen LogP contribution in [0.15, 0.2) is 42.5 Å². The Kier molecular flexibility index (Phi) is 3.23. The third-order valence-corrected chi connectivity index (χ3v) is 3.24. The largest absolute Gasteiger partial charge is 0.281 e. The summed E-state index contributed by atoms with van der Waals surface area (Å²) >= 11 is 6.04. The summed E-state index contributed by atoms with van der Waals surface area (Å²) in [5, 5.41) is 11.1. The summed E-state index contributed by atoms with van der Waals surface area (Å²) in [6.07, 6.45) is 0. The van der Waals surface area contributed by atoms with Crippen LogP contribution >= 0.6 is 11.6 Å². The lowest BCUT2D eigenvalue weighted by molar-refractivity contribution is -0.383. The third-order valence-electron chi connectivity index (χ3n) is 2.97. The monoisotopic (exact) mass is 303 g/mol. The summed E-state index contributed by atoms with van der Waals surface area (Å²) in [7, 11) is 0. The summed E-state index contributed by atoms with van der Waals surface area (Å²) in [4.78, 5) is 18.6. The Balaban J connectivity index is 2.31. The summed E-state index contributed by atoms with van der Waals surface area (Å²) < 4.78 is 13.8. The van der Waals surface area contributed by atoms with Crippen LogP contribution < -0.4 is 0 Å². The average Bonchev–Trinajstić information content (AvgIpc) is 2.46. The molecular weight excluding hydrogens is 297 g/mol. The van der Waals surface area contributed by atoms with Crippen LogP contribution in [0.5, 0.6) is 0 Å². The number of halogens is 2. The van der Waals surface area contributed by atoms with Crippen LogP contribution in [0.3, 0.4) is 0 Å². The predicted octanol–water partition coefficient (Wildman–Crippen LogP) is 4.00. The zero-order valence-corrected chi connectivity index (χ0v) is 11.2. The molecule has 1 aromatic heterocycles. The molecule has 3 aromatic rings. The lowest BCUT2D eigenvalue weighted by Crippen LogP contribution is -1.97. The highest BCUT2D eigenvalue weighted by Crippen LogP contribution is 2.32. The van der Waals surface area contributed by atoms with Crippen LogP contribution in [0.4, 0.5) is 10.1 Å². The quantitative estimate of drug-likeness (QED) is 0.407. The van der Waals surface area contributed by atoms with Gasteiger partial charge in [0.1, 0.15) is 16.4 Å². The number of nitro benzene ring substituents is 1. The van der Waals surface area contributed by atoms with Gasteiger partial charge in [-0.05, 0) is 18.2 Å². The zero-order chi connectivity index (χ0) is 15.0. The van der Waals surface area contributed by atoms with Crippen molar-refractivity contribution in [2.45, 2.75) is 0 Å². The second-order valence-electron chi connectivity index (χ2n) is 4.25. The van der Waals surface area contributed by atoms with Gasteiger partial charge in [0, 0.05) is 6.07 Å².